The summed E-state index contributed by atoms with van der Waals surface area (Å²) in [6.45, 7) is 3.52. The molecule has 0 aromatic rings. The Kier molecular flexibility index (Phi) is 9.92. The molecule has 1 saturated heterocycles. The molecular weight excluding hydrogens is 266 g/mol. The van der Waals surface area contributed by atoms with Crippen molar-refractivity contribution in [3.63, 3.8) is 0 Å². The van der Waals surface area contributed by atoms with E-state index < -0.39 is 0 Å². The van der Waals surface area contributed by atoms with Gasteiger partial charge in [0.25, 0.3) is 0 Å². The van der Waals surface area contributed by atoms with E-state index in [1.807, 2.05) is 6.92 Å². The molecule has 2 fully saturated rings. The Bertz CT molecular complexity index is 292. The van der Waals surface area contributed by atoms with Crippen molar-refractivity contribution in [2.45, 2.75) is 77.6 Å². The zero-order valence-electron chi connectivity index (χ0n) is 13.5. The van der Waals surface area contributed by atoms with E-state index in [4.69, 9.17) is 4.74 Å². The van der Waals surface area contributed by atoms with Crippen molar-refractivity contribution in [1.29, 1.82) is 0 Å². The summed E-state index contributed by atoms with van der Waals surface area (Å²) < 4.78 is 5.13. The number of amides is 1. The number of nitrogens with one attached hydrogen (secondary N) is 1. The molecule has 0 aromatic carbocycles. The van der Waals surface area contributed by atoms with Crippen LogP contribution in [-0.4, -0.2) is 25.0 Å². The highest BCUT2D eigenvalue weighted by Crippen LogP contribution is 2.27. The van der Waals surface area contributed by atoms with E-state index in [0.29, 0.717) is 13.0 Å². The third-order valence-corrected chi connectivity index (χ3v) is 4.12. The maximum Gasteiger partial charge on any atom is 0.305 e. The lowest BCUT2D eigenvalue weighted by Gasteiger charge is -2.21. The van der Waals surface area contributed by atoms with Gasteiger partial charge in [0.2, 0.25) is 5.91 Å². The molecule has 1 saturated carbocycles. The second-order valence-electron chi connectivity index (χ2n) is 6.07. The number of ether oxygens (including phenoxy) is 1. The first kappa shape index (κ1) is 18.0. The van der Waals surface area contributed by atoms with Gasteiger partial charge in [-0.1, -0.05) is 45.4 Å². The summed E-state index contributed by atoms with van der Waals surface area (Å²) in [5, 5.41) is 2.57. The highest BCUT2D eigenvalue weighted by atomic mass is 16.5. The number of esters is 1. The van der Waals surface area contributed by atoms with Gasteiger partial charge in [0, 0.05) is 19.4 Å². The number of carbonyl (C=O) groups excluding carboxylic acids is 2. The lowest BCUT2D eigenvalue weighted by atomic mass is 9.86. The number of hydrogen-bond acceptors (Lipinski definition) is 3. The van der Waals surface area contributed by atoms with Crippen molar-refractivity contribution in [3.05, 3.63) is 0 Å². The molecule has 1 N–H and O–H groups in total. The molecule has 4 heteroatoms. The van der Waals surface area contributed by atoms with Gasteiger partial charge in [-0.15, -0.1) is 0 Å². The normalized spacial score (nSPS) is 18.0. The second-order valence-corrected chi connectivity index (χ2v) is 6.07. The summed E-state index contributed by atoms with van der Waals surface area (Å²) in [4.78, 5) is 20.9. The smallest absolute Gasteiger partial charge is 0.305 e. The van der Waals surface area contributed by atoms with E-state index in [9.17, 15) is 9.59 Å². The van der Waals surface area contributed by atoms with Gasteiger partial charge < -0.3 is 10.1 Å². The molecule has 0 bridgehead atoms. The molecule has 1 amide bonds. The van der Waals surface area contributed by atoms with E-state index in [1.54, 1.807) is 0 Å². The van der Waals surface area contributed by atoms with Gasteiger partial charge in [0.05, 0.1) is 6.61 Å². The standard InChI is InChI=1S/C14H26O2.C3H5NO/c1-2-8-14(15)16-12-7-6-11-13-9-4-3-5-10-13;5-3-1-2-4-3/h13H,2-12H2,1H3;1-2H2,(H,4,5). The Hall–Kier alpha value is -1.06. The zero-order valence-corrected chi connectivity index (χ0v) is 13.5. The van der Waals surface area contributed by atoms with Gasteiger partial charge in [-0.05, 0) is 25.2 Å². The lowest BCUT2D eigenvalue weighted by Crippen LogP contribution is -2.37. The highest BCUT2D eigenvalue weighted by Gasteiger charge is 2.12. The van der Waals surface area contributed by atoms with Crippen molar-refractivity contribution in [1.82, 2.24) is 5.32 Å². The maximum absolute atomic E-state index is 11.1. The summed E-state index contributed by atoms with van der Waals surface area (Å²) in [5.74, 6) is 1.12. The molecule has 0 unspecified atom stereocenters. The van der Waals surface area contributed by atoms with Crippen molar-refractivity contribution >= 4 is 11.9 Å². The average molecular weight is 297 g/mol. The van der Waals surface area contributed by atoms with Crippen LogP contribution in [0.1, 0.15) is 77.6 Å². The fourth-order valence-corrected chi connectivity index (χ4v) is 2.70. The van der Waals surface area contributed by atoms with E-state index >= 15 is 0 Å². The molecule has 4 nitrogen and oxygen atoms in total. The lowest BCUT2D eigenvalue weighted by molar-refractivity contribution is -0.143. The molecule has 1 aliphatic heterocycles. The van der Waals surface area contributed by atoms with Gasteiger partial charge in [-0.3, -0.25) is 9.59 Å². The second kappa shape index (κ2) is 11.6. The Morgan fingerprint density at radius 3 is 2.43 bits per heavy atom. The molecule has 1 aliphatic carbocycles. The first-order valence-corrected chi connectivity index (χ1v) is 8.64. The van der Waals surface area contributed by atoms with Crippen LogP contribution in [0.4, 0.5) is 0 Å². The summed E-state index contributed by atoms with van der Waals surface area (Å²) in [7, 11) is 0. The molecule has 0 atom stereocenters. The van der Waals surface area contributed by atoms with Gasteiger partial charge in [-0.25, -0.2) is 0 Å². The Morgan fingerprint density at radius 1 is 1.24 bits per heavy atom. The molecule has 21 heavy (non-hydrogen) atoms. The van der Waals surface area contributed by atoms with Gasteiger partial charge in [-0.2, -0.15) is 0 Å². The Labute approximate surface area is 129 Å². The first-order valence-electron chi connectivity index (χ1n) is 8.64. The van der Waals surface area contributed by atoms with Gasteiger partial charge in [0.1, 0.15) is 0 Å². The third-order valence-electron chi connectivity index (χ3n) is 4.12. The molecule has 0 radical (unpaired) electrons. The largest absolute Gasteiger partial charge is 0.466 e. The van der Waals surface area contributed by atoms with Crippen LogP contribution in [0.2, 0.25) is 0 Å². The van der Waals surface area contributed by atoms with Crippen LogP contribution < -0.4 is 5.32 Å². The van der Waals surface area contributed by atoms with Crippen LogP contribution >= 0.6 is 0 Å². The van der Waals surface area contributed by atoms with E-state index in [2.05, 4.69) is 5.32 Å². The first-order chi connectivity index (χ1) is 10.2. The van der Waals surface area contributed by atoms with Crippen LogP contribution in [0.5, 0.6) is 0 Å². The topological polar surface area (TPSA) is 55.4 Å². The van der Waals surface area contributed by atoms with Crippen molar-refractivity contribution in [2.24, 2.45) is 5.92 Å². The number of carbonyl (C=O) groups is 2. The summed E-state index contributed by atoms with van der Waals surface area (Å²) in [6.07, 6.45) is 13.0. The predicted octanol–water partition coefficient (Wildman–Crippen LogP) is 3.59. The van der Waals surface area contributed by atoms with Crippen LogP contribution in [0.15, 0.2) is 0 Å². The Morgan fingerprint density at radius 2 is 1.90 bits per heavy atom. The minimum Gasteiger partial charge on any atom is -0.466 e. The van der Waals surface area contributed by atoms with Crippen LogP contribution in [0.3, 0.4) is 0 Å². The minimum absolute atomic E-state index is 0.0276. The summed E-state index contributed by atoms with van der Waals surface area (Å²) in [5.41, 5.74) is 0. The zero-order chi connectivity index (χ0) is 15.3. The van der Waals surface area contributed by atoms with Gasteiger partial charge in [0.15, 0.2) is 0 Å². The molecule has 2 aliphatic rings. The number of rotatable bonds is 7. The van der Waals surface area contributed by atoms with Crippen LogP contribution in [0, 0.1) is 5.92 Å². The van der Waals surface area contributed by atoms with E-state index in [-0.39, 0.29) is 11.9 Å². The van der Waals surface area contributed by atoms with E-state index in [0.717, 1.165) is 31.7 Å². The molecular formula is C17H31NO3. The van der Waals surface area contributed by atoms with Gasteiger partial charge >= 0.3 is 5.97 Å². The monoisotopic (exact) mass is 297 g/mol. The van der Waals surface area contributed by atoms with Crippen molar-refractivity contribution < 1.29 is 14.3 Å². The molecule has 1 heterocycles. The minimum atomic E-state index is -0.0276. The fourth-order valence-electron chi connectivity index (χ4n) is 2.70. The van der Waals surface area contributed by atoms with E-state index in [1.165, 1.54) is 44.9 Å². The quantitative estimate of drug-likeness (QED) is 0.444. The highest BCUT2D eigenvalue weighted by molar-refractivity contribution is 5.81. The molecule has 0 aromatic heterocycles. The van der Waals surface area contributed by atoms with Crippen LogP contribution in [0.25, 0.3) is 0 Å². The molecule has 2 rings (SSSR count). The SMILES string of the molecule is CCCC(=O)OCCCCC1CCCCC1.O=C1CCN1. The average Bonchev–Trinajstić information content (AvgIpc) is 2.47. The number of β-lactam (4-membered cyclic amide) rings is 1. The summed E-state index contributed by atoms with van der Waals surface area (Å²) in [6, 6.07) is 0. The van der Waals surface area contributed by atoms with Crippen molar-refractivity contribution in [2.75, 3.05) is 13.2 Å². The van der Waals surface area contributed by atoms with Crippen molar-refractivity contribution in [3.8, 4) is 0 Å². The summed E-state index contributed by atoms with van der Waals surface area (Å²) >= 11 is 0. The molecule has 0 spiro atoms. The Balaban J connectivity index is 0.000000369. The molecule has 122 valence electrons. The predicted molar refractivity (Wildman–Crippen MR) is 83.9 cm³/mol. The maximum atomic E-state index is 11.1. The number of unbranched alkanes of at least 4 members (excludes halogenated alkanes) is 1. The fraction of sp³-hybridized carbons (Fsp3) is 0.882. The third kappa shape index (κ3) is 9.48. The van der Waals surface area contributed by atoms with Crippen LogP contribution in [-0.2, 0) is 14.3 Å². The number of hydrogen-bond donors (Lipinski definition) is 1.